The van der Waals surface area contributed by atoms with Gasteiger partial charge in [0, 0.05) is 13.1 Å². The minimum Gasteiger partial charge on any atom is -0.300 e. The lowest BCUT2D eigenvalue weighted by Crippen LogP contribution is -2.44. The van der Waals surface area contributed by atoms with Crippen LogP contribution in [0.1, 0.15) is 44.5 Å². The molecule has 1 atom stereocenters. The van der Waals surface area contributed by atoms with Crippen LogP contribution in [0.15, 0.2) is 0 Å². The number of nitrogens with zero attached hydrogens (tertiary/aromatic N) is 3. The van der Waals surface area contributed by atoms with Crippen LogP contribution in [-0.4, -0.2) is 47.7 Å². The number of rotatable bonds is 7. The van der Waals surface area contributed by atoms with E-state index in [1.807, 2.05) is 13.8 Å². The summed E-state index contributed by atoms with van der Waals surface area (Å²) < 4.78 is 26.0. The summed E-state index contributed by atoms with van der Waals surface area (Å²) in [6.07, 6.45) is 3.68. The normalized spacial score (nSPS) is 19.7. The second-order valence-electron chi connectivity index (χ2n) is 5.71. The highest BCUT2D eigenvalue weighted by Gasteiger charge is 2.32. The lowest BCUT2D eigenvalue weighted by molar-refractivity contribution is -0.120. The zero-order valence-electron chi connectivity index (χ0n) is 13.6. The van der Waals surface area contributed by atoms with Gasteiger partial charge in [0.15, 0.2) is 0 Å². The number of amides is 1. The fraction of sp³-hybridized carbons (Fsp3) is 0.786. The van der Waals surface area contributed by atoms with Crippen molar-refractivity contribution < 1.29 is 13.2 Å². The maximum Gasteiger partial charge on any atom is 0.230 e. The summed E-state index contributed by atoms with van der Waals surface area (Å²) in [5, 5.41) is 12.0. The Morgan fingerprint density at radius 2 is 2.17 bits per heavy atom. The summed E-state index contributed by atoms with van der Waals surface area (Å²) in [6.45, 7) is 4.72. The molecule has 1 amide bonds. The van der Waals surface area contributed by atoms with Crippen LogP contribution in [0.2, 0.25) is 0 Å². The van der Waals surface area contributed by atoms with Gasteiger partial charge in [-0.3, -0.25) is 4.79 Å². The number of anilines is 1. The molecule has 130 valence electrons. The van der Waals surface area contributed by atoms with E-state index in [-0.39, 0.29) is 24.1 Å². The predicted octanol–water partition coefficient (Wildman–Crippen LogP) is 1.88. The largest absolute Gasteiger partial charge is 0.300 e. The Hall–Kier alpha value is -1.06. The lowest BCUT2D eigenvalue weighted by atomic mass is 9.99. The molecule has 0 saturated carbocycles. The molecule has 1 N–H and O–H groups in total. The third-order valence-electron chi connectivity index (χ3n) is 3.90. The Kier molecular flexibility index (Phi) is 6.49. The molecule has 9 heteroatoms. The number of sulfonamides is 1. The number of unbranched alkanes of at least 4 members (excludes halogenated alkanes) is 1. The molecule has 23 heavy (non-hydrogen) atoms. The summed E-state index contributed by atoms with van der Waals surface area (Å²) in [5.41, 5.74) is 0. The SMILES string of the molecule is CCCCS(=O)(=O)N1CCC[C@H](C(=O)Nc2nnc(CC)s2)C1. The van der Waals surface area contributed by atoms with E-state index < -0.39 is 10.0 Å². The van der Waals surface area contributed by atoms with Crippen molar-refractivity contribution in [1.82, 2.24) is 14.5 Å². The van der Waals surface area contributed by atoms with Crippen LogP contribution in [0.25, 0.3) is 0 Å². The number of carbonyl (C=O) groups excluding carboxylic acids is 1. The van der Waals surface area contributed by atoms with Crippen LogP contribution in [0.4, 0.5) is 5.13 Å². The second-order valence-corrected chi connectivity index (χ2v) is 8.86. The van der Waals surface area contributed by atoms with Gasteiger partial charge >= 0.3 is 0 Å². The number of hydrogen-bond acceptors (Lipinski definition) is 6. The maximum atomic E-state index is 12.4. The summed E-state index contributed by atoms with van der Waals surface area (Å²) >= 11 is 1.36. The van der Waals surface area contributed by atoms with Crippen molar-refractivity contribution in [3.8, 4) is 0 Å². The Morgan fingerprint density at radius 3 is 2.83 bits per heavy atom. The Morgan fingerprint density at radius 1 is 1.39 bits per heavy atom. The van der Waals surface area contributed by atoms with Gasteiger partial charge in [0.25, 0.3) is 0 Å². The molecule has 0 bridgehead atoms. The summed E-state index contributed by atoms with van der Waals surface area (Å²) in [6, 6.07) is 0. The number of piperidine rings is 1. The molecule has 2 heterocycles. The predicted molar refractivity (Wildman–Crippen MR) is 90.9 cm³/mol. The molecule has 2 rings (SSSR count). The van der Waals surface area contributed by atoms with Gasteiger partial charge in [-0.2, -0.15) is 0 Å². The molecule has 1 aromatic heterocycles. The van der Waals surface area contributed by atoms with Gasteiger partial charge in [-0.05, 0) is 25.7 Å². The molecule has 0 unspecified atom stereocenters. The van der Waals surface area contributed by atoms with Gasteiger partial charge in [-0.15, -0.1) is 10.2 Å². The van der Waals surface area contributed by atoms with E-state index in [0.717, 1.165) is 17.8 Å². The molecular formula is C14H24N4O3S2. The minimum atomic E-state index is -3.26. The molecule has 1 aliphatic rings. The van der Waals surface area contributed by atoms with Gasteiger partial charge in [-0.1, -0.05) is 31.6 Å². The van der Waals surface area contributed by atoms with Gasteiger partial charge < -0.3 is 5.32 Å². The Bertz CT molecular complexity index is 630. The highest BCUT2D eigenvalue weighted by atomic mass is 32.2. The topological polar surface area (TPSA) is 92.3 Å². The number of aromatic nitrogens is 2. The van der Waals surface area contributed by atoms with Gasteiger partial charge in [0.2, 0.25) is 21.1 Å². The van der Waals surface area contributed by atoms with Crippen molar-refractivity contribution in [3.63, 3.8) is 0 Å². The van der Waals surface area contributed by atoms with Crippen LogP contribution < -0.4 is 5.32 Å². The van der Waals surface area contributed by atoms with Crippen molar-refractivity contribution in [3.05, 3.63) is 5.01 Å². The first-order valence-corrected chi connectivity index (χ1v) is 10.5. The molecule has 1 aliphatic heterocycles. The lowest BCUT2D eigenvalue weighted by Gasteiger charge is -2.31. The van der Waals surface area contributed by atoms with Crippen molar-refractivity contribution in [2.24, 2.45) is 5.92 Å². The van der Waals surface area contributed by atoms with Crippen molar-refractivity contribution >= 4 is 32.4 Å². The Balaban J connectivity index is 1.95. The van der Waals surface area contributed by atoms with Crippen molar-refractivity contribution in [2.75, 3.05) is 24.2 Å². The monoisotopic (exact) mass is 360 g/mol. The van der Waals surface area contributed by atoms with E-state index in [9.17, 15) is 13.2 Å². The van der Waals surface area contributed by atoms with E-state index in [0.29, 0.717) is 30.9 Å². The van der Waals surface area contributed by atoms with Crippen LogP contribution in [0.3, 0.4) is 0 Å². The van der Waals surface area contributed by atoms with E-state index in [4.69, 9.17) is 0 Å². The van der Waals surface area contributed by atoms with Gasteiger partial charge in [0.1, 0.15) is 5.01 Å². The minimum absolute atomic E-state index is 0.161. The number of nitrogens with one attached hydrogen (secondary N) is 1. The smallest absolute Gasteiger partial charge is 0.230 e. The van der Waals surface area contributed by atoms with Crippen LogP contribution in [0.5, 0.6) is 0 Å². The average Bonchev–Trinajstić information content (AvgIpc) is 3.00. The molecular weight excluding hydrogens is 336 g/mol. The average molecular weight is 361 g/mol. The van der Waals surface area contributed by atoms with Crippen LogP contribution in [-0.2, 0) is 21.2 Å². The summed E-state index contributed by atoms with van der Waals surface area (Å²) in [5.74, 6) is -0.331. The van der Waals surface area contributed by atoms with E-state index in [1.54, 1.807) is 0 Å². The summed E-state index contributed by atoms with van der Waals surface area (Å²) in [7, 11) is -3.26. The first-order chi connectivity index (χ1) is 11.0. The second kappa shape index (κ2) is 8.16. The molecule has 1 saturated heterocycles. The van der Waals surface area contributed by atoms with Crippen molar-refractivity contribution in [1.29, 1.82) is 0 Å². The molecule has 0 radical (unpaired) electrons. The quantitative estimate of drug-likeness (QED) is 0.801. The third-order valence-corrected chi connectivity index (χ3v) is 6.81. The molecule has 0 aromatic carbocycles. The van der Waals surface area contributed by atoms with Crippen LogP contribution in [0, 0.1) is 5.92 Å². The van der Waals surface area contributed by atoms with E-state index in [1.165, 1.54) is 15.6 Å². The maximum absolute atomic E-state index is 12.4. The molecule has 1 fully saturated rings. The van der Waals surface area contributed by atoms with Gasteiger partial charge in [0.05, 0.1) is 11.7 Å². The summed E-state index contributed by atoms with van der Waals surface area (Å²) in [4.78, 5) is 12.4. The zero-order chi connectivity index (χ0) is 16.9. The fourth-order valence-electron chi connectivity index (χ4n) is 2.52. The van der Waals surface area contributed by atoms with Crippen molar-refractivity contribution in [2.45, 2.75) is 46.0 Å². The number of aryl methyl sites for hydroxylation is 1. The molecule has 0 spiro atoms. The highest BCUT2D eigenvalue weighted by molar-refractivity contribution is 7.89. The zero-order valence-corrected chi connectivity index (χ0v) is 15.3. The van der Waals surface area contributed by atoms with E-state index >= 15 is 0 Å². The first-order valence-electron chi connectivity index (χ1n) is 8.07. The van der Waals surface area contributed by atoms with E-state index in [2.05, 4.69) is 15.5 Å². The molecule has 7 nitrogen and oxygen atoms in total. The third kappa shape index (κ3) is 4.95. The Labute approximate surface area is 141 Å². The standard InChI is InChI=1S/C14H24N4O3S2/c1-3-5-9-23(20,21)18-8-6-7-11(10-18)13(19)15-14-17-16-12(4-2)22-14/h11H,3-10H2,1-2H3,(H,15,17,19)/t11-/m0/s1. The number of hydrogen-bond donors (Lipinski definition) is 1. The molecule has 0 aliphatic carbocycles. The first kappa shape index (κ1) is 18.3. The fourth-order valence-corrected chi connectivity index (χ4v) is 4.93. The van der Waals surface area contributed by atoms with Crippen LogP contribution >= 0.6 is 11.3 Å². The highest BCUT2D eigenvalue weighted by Crippen LogP contribution is 2.23. The number of carbonyl (C=O) groups is 1. The van der Waals surface area contributed by atoms with Gasteiger partial charge in [-0.25, -0.2) is 12.7 Å². The molecule has 1 aromatic rings.